The van der Waals surface area contributed by atoms with Gasteiger partial charge in [0.05, 0.1) is 17.2 Å². The van der Waals surface area contributed by atoms with Crippen molar-refractivity contribution in [3.8, 4) is 5.75 Å². The van der Waals surface area contributed by atoms with Crippen LogP contribution in [0.5, 0.6) is 5.75 Å². The van der Waals surface area contributed by atoms with Gasteiger partial charge in [-0.05, 0) is 68.6 Å². The topological polar surface area (TPSA) is 49.8 Å². The Morgan fingerprint density at radius 1 is 1.17 bits per heavy atom. The molecular weight excluding hydrogens is 440 g/mol. The highest BCUT2D eigenvalue weighted by atomic mass is 35.5. The Kier molecular flexibility index (Phi) is 7.28. The van der Waals surface area contributed by atoms with E-state index in [1.807, 2.05) is 12.1 Å². The molecule has 0 saturated carbocycles. The van der Waals surface area contributed by atoms with Crippen molar-refractivity contribution in [3.05, 3.63) is 62.3 Å². The molecule has 1 unspecified atom stereocenters. The number of likely N-dealkylation sites (tertiary alicyclic amines) is 1. The Morgan fingerprint density at radius 2 is 1.79 bits per heavy atom. The highest BCUT2D eigenvalue weighted by Gasteiger charge is 2.25. The molecule has 0 bridgehead atoms. The van der Waals surface area contributed by atoms with Crippen LogP contribution in [0.3, 0.4) is 0 Å². The van der Waals surface area contributed by atoms with Crippen LogP contribution in [-0.2, 0) is 0 Å². The van der Waals surface area contributed by atoms with Crippen molar-refractivity contribution in [2.24, 2.45) is 5.92 Å². The highest BCUT2D eigenvalue weighted by Crippen LogP contribution is 2.32. The third-order valence-electron chi connectivity index (χ3n) is 5.29. The van der Waals surface area contributed by atoms with Crippen molar-refractivity contribution in [2.45, 2.75) is 25.8 Å². The molecule has 29 heavy (non-hydrogen) atoms. The number of ether oxygens (including phenoxy) is 1. The smallest absolute Gasteiger partial charge is 0.338 e. The number of hydrogen-bond donors (Lipinski definition) is 1. The Morgan fingerprint density at radius 3 is 2.38 bits per heavy atom. The molecular formula is C21H21Cl3FNO3. The van der Waals surface area contributed by atoms with Gasteiger partial charge in [0.15, 0.2) is 0 Å². The van der Waals surface area contributed by atoms with Gasteiger partial charge in [-0.25, -0.2) is 9.18 Å². The number of aromatic carboxylic acids is 1. The molecule has 1 saturated heterocycles. The minimum absolute atomic E-state index is 0.0905. The molecule has 0 aliphatic carbocycles. The van der Waals surface area contributed by atoms with E-state index in [-0.39, 0.29) is 16.8 Å². The first kappa shape index (κ1) is 22.2. The second-order valence-electron chi connectivity index (χ2n) is 7.24. The van der Waals surface area contributed by atoms with Crippen molar-refractivity contribution in [1.82, 2.24) is 4.90 Å². The highest BCUT2D eigenvalue weighted by molar-refractivity contribution is 6.34. The van der Waals surface area contributed by atoms with E-state index >= 15 is 0 Å². The molecule has 1 N–H and O–H groups in total. The third kappa shape index (κ3) is 5.54. The Balaban J connectivity index is 1.55. The lowest BCUT2D eigenvalue weighted by Gasteiger charge is -2.36. The van der Waals surface area contributed by atoms with Crippen LogP contribution in [0, 0.1) is 11.7 Å². The van der Waals surface area contributed by atoms with Gasteiger partial charge in [0.2, 0.25) is 0 Å². The number of benzene rings is 2. The molecule has 2 aromatic rings. The third-order valence-corrected chi connectivity index (χ3v) is 6.02. The summed E-state index contributed by atoms with van der Waals surface area (Å²) in [6, 6.07) is 7.90. The Bertz CT molecular complexity index is 881. The minimum Gasteiger partial charge on any atom is -0.492 e. The fourth-order valence-corrected chi connectivity index (χ4v) is 4.31. The quantitative estimate of drug-likeness (QED) is 0.547. The summed E-state index contributed by atoms with van der Waals surface area (Å²) < 4.78 is 19.5. The second-order valence-corrected chi connectivity index (χ2v) is 8.52. The summed E-state index contributed by atoms with van der Waals surface area (Å²) in [5, 5.41) is 10.3. The van der Waals surface area contributed by atoms with Gasteiger partial charge < -0.3 is 9.84 Å². The van der Waals surface area contributed by atoms with Crippen molar-refractivity contribution in [1.29, 1.82) is 0 Å². The first-order valence-corrected chi connectivity index (χ1v) is 10.4. The number of nitrogens with zero attached hydrogens (tertiary/aromatic N) is 1. The number of carbonyl (C=O) groups is 1. The van der Waals surface area contributed by atoms with Gasteiger partial charge in [0.25, 0.3) is 0 Å². The first-order chi connectivity index (χ1) is 13.7. The molecule has 1 fully saturated rings. The van der Waals surface area contributed by atoms with Crippen molar-refractivity contribution in [3.63, 3.8) is 0 Å². The van der Waals surface area contributed by atoms with Gasteiger partial charge in [-0.2, -0.15) is 0 Å². The summed E-state index contributed by atoms with van der Waals surface area (Å²) in [5.74, 6) is -1.75. The molecule has 2 aromatic carbocycles. The lowest BCUT2D eigenvalue weighted by atomic mass is 9.95. The summed E-state index contributed by atoms with van der Waals surface area (Å²) in [6.45, 7) is 4.31. The van der Waals surface area contributed by atoms with Gasteiger partial charge >= 0.3 is 5.97 Å². The summed E-state index contributed by atoms with van der Waals surface area (Å²) in [6.07, 6.45) is 1.85. The molecule has 3 rings (SSSR count). The lowest BCUT2D eigenvalue weighted by Crippen LogP contribution is -2.37. The molecule has 1 heterocycles. The maximum atomic E-state index is 13.9. The van der Waals surface area contributed by atoms with E-state index in [4.69, 9.17) is 44.6 Å². The number of carboxylic acids is 1. The zero-order valence-corrected chi connectivity index (χ0v) is 18.1. The van der Waals surface area contributed by atoms with Crippen LogP contribution in [0.15, 0.2) is 30.3 Å². The average molecular weight is 461 g/mol. The maximum absolute atomic E-state index is 13.9. The van der Waals surface area contributed by atoms with E-state index < -0.39 is 17.3 Å². The largest absolute Gasteiger partial charge is 0.492 e. The summed E-state index contributed by atoms with van der Waals surface area (Å²) >= 11 is 18.3. The predicted octanol–water partition coefficient (Wildman–Crippen LogP) is 6.34. The molecule has 1 aliphatic heterocycles. The molecule has 0 radical (unpaired) electrons. The van der Waals surface area contributed by atoms with Crippen LogP contribution in [0.25, 0.3) is 0 Å². The van der Waals surface area contributed by atoms with E-state index in [9.17, 15) is 9.18 Å². The number of halogens is 4. The average Bonchev–Trinajstić information content (AvgIpc) is 2.67. The van der Waals surface area contributed by atoms with Gasteiger partial charge in [-0.15, -0.1) is 0 Å². The van der Waals surface area contributed by atoms with Gasteiger partial charge in [0.1, 0.15) is 11.6 Å². The van der Waals surface area contributed by atoms with E-state index in [2.05, 4.69) is 11.8 Å². The molecule has 8 heteroatoms. The van der Waals surface area contributed by atoms with Crippen molar-refractivity contribution >= 4 is 40.8 Å². The molecule has 1 atom stereocenters. The van der Waals surface area contributed by atoms with Gasteiger partial charge in [0, 0.05) is 22.2 Å². The zero-order valence-electron chi connectivity index (χ0n) is 15.8. The van der Waals surface area contributed by atoms with E-state index in [0.717, 1.165) is 43.6 Å². The molecule has 4 nitrogen and oxygen atoms in total. The normalized spacial score (nSPS) is 16.6. The van der Waals surface area contributed by atoms with Crippen LogP contribution < -0.4 is 4.74 Å². The van der Waals surface area contributed by atoms with Crippen LogP contribution in [0.1, 0.15) is 41.7 Å². The summed E-state index contributed by atoms with van der Waals surface area (Å²) in [5.41, 5.74) is 0.615. The van der Waals surface area contributed by atoms with E-state index in [1.54, 1.807) is 6.07 Å². The summed E-state index contributed by atoms with van der Waals surface area (Å²) in [4.78, 5) is 13.3. The first-order valence-electron chi connectivity index (χ1n) is 9.29. The molecule has 0 aromatic heterocycles. The number of carboxylic acid groups (broad SMARTS) is 1. The monoisotopic (exact) mass is 459 g/mol. The predicted molar refractivity (Wildman–Crippen MR) is 113 cm³/mol. The fraction of sp³-hybridized carbons (Fsp3) is 0.381. The SMILES string of the molecule is CC(c1cc(Cl)cc(Cl)c1)N1CCC(COc2cc(F)c(C(=O)O)cc2Cl)CC1. The lowest BCUT2D eigenvalue weighted by molar-refractivity contribution is 0.0691. The van der Waals surface area contributed by atoms with E-state index in [1.165, 1.54) is 0 Å². The standard InChI is InChI=1S/C21H21Cl3FNO3/c1-12(14-6-15(22)8-16(23)7-14)26-4-2-13(3-5-26)11-29-20-10-19(25)17(21(27)28)9-18(20)24/h6-10,12-13H,2-5,11H2,1H3,(H,27,28). The number of rotatable bonds is 6. The fourth-order valence-electron chi connectivity index (χ4n) is 3.54. The van der Waals surface area contributed by atoms with Gasteiger partial charge in [-0.1, -0.05) is 34.8 Å². The van der Waals surface area contributed by atoms with Crippen molar-refractivity contribution in [2.75, 3.05) is 19.7 Å². The molecule has 156 valence electrons. The molecule has 0 amide bonds. The second kappa shape index (κ2) is 9.52. The van der Waals surface area contributed by atoms with Gasteiger partial charge in [-0.3, -0.25) is 4.90 Å². The molecule has 0 spiro atoms. The summed E-state index contributed by atoms with van der Waals surface area (Å²) in [7, 11) is 0. The van der Waals surface area contributed by atoms with Crippen LogP contribution in [0.4, 0.5) is 4.39 Å². The van der Waals surface area contributed by atoms with Crippen LogP contribution >= 0.6 is 34.8 Å². The Labute approximate surface area is 184 Å². The molecule has 1 aliphatic rings. The maximum Gasteiger partial charge on any atom is 0.338 e. The Hall–Kier alpha value is -1.53. The van der Waals surface area contributed by atoms with Crippen LogP contribution in [-0.4, -0.2) is 35.7 Å². The van der Waals surface area contributed by atoms with E-state index in [0.29, 0.717) is 22.6 Å². The zero-order chi connectivity index (χ0) is 21.1. The number of hydrogen-bond acceptors (Lipinski definition) is 3. The van der Waals surface area contributed by atoms with Crippen molar-refractivity contribution < 1.29 is 19.0 Å². The van der Waals surface area contributed by atoms with Crippen LogP contribution in [0.2, 0.25) is 15.1 Å². The number of piperidine rings is 1. The minimum atomic E-state index is -1.36.